The van der Waals surface area contributed by atoms with Crippen molar-refractivity contribution < 1.29 is 4.79 Å². The molecule has 0 aliphatic rings. The van der Waals surface area contributed by atoms with E-state index in [4.69, 9.17) is 23.2 Å². The number of hydrogen-bond donors (Lipinski definition) is 2. The molecule has 0 saturated carbocycles. The van der Waals surface area contributed by atoms with Crippen molar-refractivity contribution in [2.45, 2.75) is 39.7 Å². The van der Waals surface area contributed by atoms with E-state index >= 15 is 0 Å². The van der Waals surface area contributed by atoms with Crippen LogP contribution in [-0.2, 0) is 12.8 Å². The summed E-state index contributed by atoms with van der Waals surface area (Å²) < 4.78 is 0. The maximum Gasteiger partial charge on any atom is 0.326 e. The summed E-state index contributed by atoms with van der Waals surface area (Å²) in [7, 11) is 1.84. The van der Waals surface area contributed by atoms with Crippen molar-refractivity contribution in [3.05, 3.63) is 86.2 Å². The van der Waals surface area contributed by atoms with Crippen LogP contribution >= 0.6 is 23.2 Å². The molecule has 0 aromatic heterocycles. The number of hydrogen-bond acceptors (Lipinski definition) is 4. The van der Waals surface area contributed by atoms with Crippen molar-refractivity contribution in [3.63, 3.8) is 0 Å². The van der Waals surface area contributed by atoms with Gasteiger partial charge >= 0.3 is 6.03 Å². The highest BCUT2D eigenvalue weighted by molar-refractivity contribution is 6.32. The van der Waals surface area contributed by atoms with Gasteiger partial charge in [-0.05, 0) is 78.5 Å². The normalized spacial score (nSPS) is 11.6. The van der Waals surface area contributed by atoms with Crippen LogP contribution < -0.4 is 15.5 Å². The molecule has 3 aromatic rings. The molecule has 0 bridgehead atoms. The molecular weight excluding hydrogens is 471 g/mol. The largest absolute Gasteiger partial charge is 0.388 e. The predicted molar refractivity (Wildman–Crippen MR) is 143 cm³/mol. The number of nitrogens with one attached hydrogen (secondary N) is 2. The van der Waals surface area contributed by atoms with Crippen LogP contribution in [0.2, 0.25) is 10.0 Å². The molecule has 0 heterocycles. The van der Waals surface area contributed by atoms with Crippen molar-refractivity contribution >= 4 is 52.0 Å². The number of nitrogens with zero attached hydrogens (tertiary/aromatic N) is 2. The zero-order valence-electron chi connectivity index (χ0n) is 19.7. The Morgan fingerprint density at radius 2 is 1.62 bits per heavy atom. The second kappa shape index (κ2) is 11.4. The Bertz CT molecular complexity index is 1160. The highest BCUT2D eigenvalue weighted by Crippen LogP contribution is 2.38. The van der Waals surface area contributed by atoms with Gasteiger partial charge in [0.15, 0.2) is 0 Å². The lowest BCUT2D eigenvalue weighted by atomic mass is 10.0. The molecular formula is C26H28Cl2N4O2. The summed E-state index contributed by atoms with van der Waals surface area (Å²) in [6, 6.07) is 15.9. The number of rotatable bonds is 8. The van der Waals surface area contributed by atoms with Gasteiger partial charge in [0.1, 0.15) is 5.69 Å². The third kappa shape index (κ3) is 5.34. The molecule has 0 aliphatic heterocycles. The molecule has 0 saturated heterocycles. The SMILES string of the molecule is CCc1c(Cl)cc(N=O)c(CC)c1NC(=O)N(c1ccc(NC)cc1)[C@@H](C)c1ccc(Cl)cc1. The zero-order chi connectivity index (χ0) is 24.8. The van der Waals surface area contributed by atoms with Crippen LogP contribution in [0.15, 0.2) is 59.8 Å². The molecule has 1 atom stereocenters. The standard InChI is InChI=1S/C26H28Cl2N4O2/c1-5-21-23(28)15-24(31-34)22(6-2)25(21)30-26(33)32(20-13-11-19(29-4)12-14-20)16(3)17-7-9-18(27)10-8-17/h7-16,29H,5-6H2,1-4H3,(H,30,33)/t16-/m0/s1. The fourth-order valence-electron chi connectivity index (χ4n) is 4.02. The minimum Gasteiger partial charge on any atom is -0.388 e. The smallest absolute Gasteiger partial charge is 0.326 e. The molecule has 3 aromatic carbocycles. The van der Waals surface area contributed by atoms with Crippen LogP contribution in [0.3, 0.4) is 0 Å². The first-order valence-corrected chi connectivity index (χ1v) is 11.9. The number of benzene rings is 3. The van der Waals surface area contributed by atoms with Crippen LogP contribution in [-0.4, -0.2) is 13.1 Å². The van der Waals surface area contributed by atoms with Crippen LogP contribution in [0.25, 0.3) is 0 Å². The van der Waals surface area contributed by atoms with E-state index in [2.05, 4.69) is 15.8 Å². The van der Waals surface area contributed by atoms with Gasteiger partial charge in [0.05, 0.1) is 11.7 Å². The van der Waals surface area contributed by atoms with E-state index < -0.39 is 0 Å². The Morgan fingerprint density at radius 3 is 2.15 bits per heavy atom. The second-order valence-corrected chi connectivity index (χ2v) is 8.68. The lowest BCUT2D eigenvalue weighted by Gasteiger charge is -2.31. The molecule has 178 valence electrons. The van der Waals surface area contributed by atoms with E-state index in [9.17, 15) is 9.70 Å². The van der Waals surface area contributed by atoms with Crippen molar-refractivity contribution in [1.29, 1.82) is 0 Å². The van der Waals surface area contributed by atoms with E-state index in [1.165, 1.54) is 0 Å². The maximum atomic E-state index is 13.8. The van der Waals surface area contributed by atoms with Gasteiger partial charge in [-0.1, -0.05) is 49.2 Å². The van der Waals surface area contributed by atoms with E-state index in [1.807, 2.05) is 64.2 Å². The lowest BCUT2D eigenvalue weighted by Crippen LogP contribution is -2.37. The molecule has 0 radical (unpaired) electrons. The van der Waals surface area contributed by atoms with Crippen molar-refractivity contribution in [3.8, 4) is 0 Å². The lowest BCUT2D eigenvalue weighted by molar-refractivity contribution is 0.255. The van der Waals surface area contributed by atoms with Crippen molar-refractivity contribution in [2.75, 3.05) is 22.6 Å². The van der Waals surface area contributed by atoms with Gasteiger partial charge in [0.25, 0.3) is 0 Å². The average molecular weight is 499 g/mol. The molecule has 0 unspecified atom stereocenters. The van der Waals surface area contributed by atoms with Gasteiger partial charge in [-0.25, -0.2) is 4.79 Å². The predicted octanol–water partition coefficient (Wildman–Crippen LogP) is 8.36. The summed E-state index contributed by atoms with van der Waals surface area (Å²) in [5, 5.41) is 10.3. The minimum atomic E-state index is -0.344. The van der Waals surface area contributed by atoms with E-state index in [0.717, 1.165) is 16.8 Å². The fraction of sp³-hybridized carbons (Fsp3) is 0.269. The first-order valence-electron chi connectivity index (χ1n) is 11.2. The number of carbonyl (C=O) groups is 1. The Kier molecular flexibility index (Phi) is 8.53. The minimum absolute atomic E-state index is 0.232. The second-order valence-electron chi connectivity index (χ2n) is 7.83. The molecule has 2 N–H and O–H groups in total. The Labute approximate surface area is 210 Å². The van der Waals surface area contributed by atoms with Crippen molar-refractivity contribution in [2.24, 2.45) is 5.18 Å². The number of carbonyl (C=O) groups excluding carboxylic acids is 1. The van der Waals surface area contributed by atoms with Crippen LogP contribution in [0.1, 0.15) is 43.5 Å². The number of nitroso groups, excluding NO2 is 1. The van der Waals surface area contributed by atoms with Crippen LogP contribution in [0.4, 0.5) is 27.5 Å². The number of amides is 2. The van der Waals surface area contributed by atoms with Gasteiger partial charge in [0, 0.05) is 34.0 Å². The number of halogens is 2. The molecule has 0 fully saturated rings. The summed E-state index contributed by atoms with van der Waals surface area (Å²) >= 11 is 12.5. The summed E-state index contributed by atoms with van der Waals surface area (Å²) in [6.45, 7) is 5.82. The zero-order valence-corrected chi connectivity index (χ0v) is 21.2. The molecule has 6 nitrogen and oxygen atoms in total. The van der Waals surface area contributed by atoms with Crippen molar-refractivity contribution in [1.82, 2.24) is 0 Å². The number of urea groups is 1. The van der Waals surface area contributed by atoms with E-state index in [-0.39, 0.29) is 17.8 Å². The van der Waals surface area contributed by atoms with Gasteiger partial charge in [-0.2, -0.15) is 0 Å². The maximum absolute atomic E-state index is 13.8. The average Bonchev–Trinajstić information content (AvgIpc) is 2.84. The fourth-order valence-corrected chi connectivity index (χ4v) is 4.48. The summed E-state index contributed by atoms with van der Waals surface area (Å²) in [5.41, 5.74) is 4.77. The topological polar surface area (TPSA) is 73.8 Å². The Hall–Kier alpha value is -3.09. The Morgan fingerprint density at radius 1 is 1.00 bits per heavy atom. The van der Waals surface area contributed by atoms with Gasteiger partial charge in [0.2, 0.25) is 0 Å². The molecule has 3 rings (SSSR count). The van der Waals surface area contributed by atoms with Gasteiger partial charge in [-0.15, -0.1) is 4.91 Å². The summed E-state index contributed by atoms with van der Waals surface area (Å²) in [4.78, 5) is 27.0. The van der Waals surface area contributed by atoms with E-state index in [0.29, 0.717) is 39.8 Å². The third-order valence-electron chi connectivity index (χ3n) is 5.89. The van der Waals surface area contributed by atoms with Gasteiger partial charge in [-0.3, -0.25) is 4.90 Å². The number of anilines is 3. The molecule has 34 heavy (non-hydrogen) atoms. The first kappa shape index (κ1) is 25.5. The van der Waals surface area contributed by atoms with Crippen LogP contribution in [0.5, 0.6) is 0 Å². The molecule has 8 heteroatoms. The third-order valence-corrected chi connectivity index (χ3v) is 6.48. The first-order chi connectivity index (χ1) is 16.3. The quantitative estimate of drug-likeness (QED) is 0.306. The van der Waals surface area contributed by atoms with E-state index in [1.54, 1.807) is 23.1 Å². The highest BCUT2D eigenvalue weighted by atomic mass is 35.5. The van der Waals surface area contributed by atoms with Crippen LogP contribution in [0, 0.1) is 4.91 Å². The molecule has 0 aliphatic carbocycles. The highest BCUT2D eigenvalue weighted by Gasteiger charge is 2.26. The molecule has 0 spiro atoms. The van der Waals surface area contributed by atoms with Gasteiger partial charge < -0.3 is 10.6 Å². The summed E-state index contributed by atoms with van der Waals surface area (Å²) in [6.07, 6.45) is 1.11. The Balaban J connectivity index is 2.09. The summed E-state index contributed by atoms with van der Waals surface area (Å²) in [5.74, 6) is 0. The molecule has 2 amide bonds. The monoisotopic (exact) mass is 498 g/mol.